The molecule has 0 aromatic rings. The fourth-order valence-corrected chi connectivity index (χ4v) is 1.14. The van der Waals surface area contributed by atoms with Crippen LogP contribution in [0.15, 0.2) is 0 Å². The van der Waals surface area contributed by atoms with Crippen molar-refractivity contribution in [2.24, 2.45) is 11.8 Å². The van der Waals surface area contributed by atoms with Crippen molar-refractivity contribution in [2.45, 2.75) is 74.7 Å². The third-order valence-corrected chi connectivity index (χ3v) is 2.36. The molecule has 13 heavy (non-hydrogen) atoms. The van der Waals surface area contributed by atoms with E-state index in [2.05, 4.69) is 27.7 Å². The van der Waals surface area contributed by atoms with Gasteiger partial charge in [0, 0.05) is 0 Å². The Morgan fingerprint density at radius 2 is 1.15 bits per heavy atom. The van der Waals surface area contributed by atoms with Crippen molar-refractivity contribution in [2.75, 3.05) is 0 Å². The van der Waals surface area contributed by atoms with E-state index in [1.54, 1.807) is 0 Å². The highest BCUT2D eigenvalue weighted by molar-refractivity contribution is 4.58. The minimum atomic E-state index is 0.921. The van der Waals surface area contributed by atoms with E-state index in [-0.39, 0.29) is 0 Å². The van der Waals surface area contributed by atoms with Gasteiger partial charge in [-0.3, -0.25) is 0 Å². The molecule has 0 heteroatoms. The summed E-state index contributed by atoms with van der Waals surface area (Å²) < 4.78 is 0. The van der Waals surface area contributed by atoms with Gasteiger partial charge in [-0.25, -0.2) is 0 Å². The van der Waals surface area contributed by atoms with Crippen LogP contribution in [0.2, 0.25) is 0 Å². The van der Waals surface area contributed by atoms with E-state index >= 15 is 0 Å². The van der Waals surface area contributed by atoms with Gasteiger partial charge in [-0.15, -0.1) is 0 Å². The molecule has 0 saturated heterocycles. The monoisotopic (exact) mass is 188 g/mol. The standard InChI is InChI=1S/C9H20.2C2H6/c1-5-7-9(4)8(3)6-2;2*1-2/h8-9H,5-7H2,1-4H3;2*1-2H3. The summed E-state index contributed by atoms with van der Waals surface area (Å²) in [5.74, 6) is 1.85. The van der Waals surface area contributed by atoms with Gasteiger partial charge in [0.25, 0.3) is 0 Å². The summed E-state index contributed by atoms with van der Waals surface area (Å²) >= 11 is 0. The normalized spacial score (nSPS) is 12.9. The second kappa shape index (κ2) is 17.9. The molecule has 0 bridgehead atoms. The molecule has 2 atom stereocenters. The second-order valence-corrected chi connectivity index (χ2v) is 3.15. The van der Waals surface area contributed by atoms with Crippen LogP contribution in [0.5, 0.6) is 0 Å². The molecule has 0 rings (SSSR count). The van der Waals surface area contributed by atoms with Crippen LogP contribution in [-0.2, 0) is 0 Å². The molecule has 0 saturated carbocycles. The van der Waals surface area contributed by atoms with Gasteiger partial charge in [0.05, 0.1) is 0 Å². The molecule has 2 unspecified atom stereocenters. The van der Waals surface area contributed by atoms with Crippen LogP contribution in [0.1, 0.15) is 74.7 Å². The smallest absolute Gasteiger partial charge is 0.0417 e. The lowest BCUT2D eigenvalue weighted by atomic mass is 9.90. The van der Waals surface area contributed by atoms with Crippen LogP contribution in [-0.4, -0.2) is 0 Å². The molecular weight excluding hydrogens is 156 g/mol. The van der Waals surface area contributed by atoms with Crippen LogP contribution in [0, 0.1) is 11.8 Å². The lowest BCUT2D eigenvalue weighted by molar-refractivity contribution is 0.352. The molecule has 0 aliphatic heterocycles. The zero-order valence-corrected chi connectivity index (χ0v) is 11.3. The van der Waals surface area contributed by atoms with E-state index in [4.69, 9.17) is 0 Å². The third-order valence-electron chi connectivity index (χ3n) is 2.36. The SMILES string of the molecule is CC.CC.CCCC(C)C(C)CC. The fraction of sp³-hybridized carbons (Fsp3) is 1.00. The maximum absolute atomic E-state index is 2.36. The Kier molecular flexibility index (Phi) is 25.8. The van der Waals surface area contributed by atoms with E-state index in [1.165, 1.54) is 19.3 Å². The van der Waals surface area contributed by atoms with Gasteiger partial charge in [0.2, 0.25) is 0 Å². The molecule has 0 spiro atoms. The van der Waals surface area contributed by atoms with Crippen molar-refractivity contribution in [3.8, 4) is 0 Å². The zero-order valence-electron chi connectivity index (χ0n) is 11.3. The Morgan fingerprint density at radius 3 is 1.38 bits per heavy atom. The Bertz CT molecular complexity index is 57.1. The first-order valence-electron chi connectivity index (χ1n) is 6.22. The zero-order chi connectivity index (χ0) is 11.3. The predicted molar refractivity (Wildman–Crippen MR) is 66.2 cm³/mol. The van der Waals surface area contributed by atoms with Crippen LogP contribution < -0.4 is 0 Å². The van der Waals surface area contributed by atoms with Crippen LogP contribution in [0.25, 0.3) is 0 Å². The van der Waals surface area contributed by atoms with Gasteiger partial charge in [-0.1, -0.05) is 74.7 Å². The average molecular weight is 188 g/mol. The van der Waals surface area contributed by atoms with Gasteiger partial charge in [0.1, 0.15) is 0 Å². The van der Waals surface area contributed by atoms with E-state index in [9.17, 15) is 0 Å². The quantitative estimate of drug-likeness (QED) is 0.545. The van der Waals surface area contributed by atoms with Crippen molar-refractivity contribution in [3.63, 3.8) is 0 Å². The molecule has 0 nitrogen and oxygen atoms in total. The maximum Gasteiger partial charge on any atom is -0.0417 e. The minimum Gasteiger partial charge on any atom is -0.0683 e. The molecule has 0 aromatic carbocycles. The Hall–Kier alpha value is 0. The summed E-state index contributed by atoms with van der Waals surface area (Å²) in [5.41, 5.74) is 0. The maximum atomic E-state index is 2.36. The largest absolute Gasteiger partial charge is 0.0683 e. The number of hydrogen-bond acceptors (Lipinski definition) is 0. The molecule has 0 amide bonds. The molecule has 84 valence electrons. The van der Waals surface area contributed by atoms with Crippen LogP contribution >= 0.6 is 0 Å². The summed E-state index contributed by atoms with van der Waals surface area (Å²) in [6.45, 7) is 17.2. The molecule has 0 aliphatic rings. The fourth-order valence-electron chi connectivity index (χ4n) is 1.14. The molecule has 0 aromatic heterocycles. The second-order valence-electron chi connectivity index (χ2n) is 3.15. The Morgan fingerprint density at radius 1 is 0.769 bits per heavy atom. The molecular formula is C13H32. The summed E-state index contributed by atoms with van der Waals surface area (Å²) in [5, 5.41) is 0. The molecule has 0 heterocycles. The lowest BCUT2D eigenvalue weighted by Gasteiger charge is -2.16. The molecule has 0 N–H and O–H groups in total. The van der Waals surface area contributed by atoms with Crippen molar-refractivity contribution in [1.29, 1.82) is 0 Å². The highest BCUT2D eigenvalue weighted by Gasteiger charge is 2.07. The van der Waals surface area contributed by atoms with Crippen molar-refractivity contribution in [3.05, 3.63) is 0 Å². The predicted octanol–water partition coefficient (Wildman–Crippen LogP) is 5.52. The van der Waals surface area contributed by atoms with E-state index in [0.717, 1.165) is 11.8 Å². The summed E-state index contributed by atoms with van der Waals surface area (Å²) in [7, 11) is 0. The van der Waals surface area contributed by atoms with Crippen LogP contribution in [0.3, 0.4) is 0 Å². The number of hydrogen-bond donors (Lipinski definition) is 0. The van der Waals surface area contributed by atoms with Crippen molar-refractivity contribution in [1.82, 2.24) is 0 Å². The van der Waals surface area contributed by atoms with Gasteiger partial charge in [0.15, 0.2) is 0 Å². The third kappa shape index (κ3) is 14.8. The van der Waals surface area contributed by atoms with Gasteiger partial charge >= 0.3 is 0 Å². The summed E-state index contributed by atoms with van der Waals surface area (Å²) in [6.07, 6.45) is 4.07. The van der Waals surface area contributed by atoms with E-state index in [0.29, 0.717) is 0 Å². The van der Waals surface area contributed by atoms with Crippen LogP contribution in [0.4, 0.5) is 0 Å². The van der Waals surface area contributed by atoms with Gasteiger partial charge in [-0.05, 0) is 11.8 Å². The van der Waals surface area contributed by atoms with Crippen molar-refractivity contribution >= 4 is 0 Å². The minimum absolute atomic E-state index is 0.921. The van der Waals surface area contributed by atoms with Crippen molar-refractivity contribution < 1.29 is 0 Å². The highest BCUT2D eigenvalue weighted by atomic mass is 14.1. The Balaban J connectivity index is -0.000000218. The van der Waals surface area contributed by atoms with E-state index in [1.807, 2.05) is 27.7 Å². The number of rotatable bonds is 4. The average Bonchev–Trinajstić information content (AvgIpc) is 2.23. The van der Waals surface area contributed by atoms with Gasteiger partial charge < -0.3 is 0 Å². The first-order chi connectivity index (χ1) is 6.22. The molecule has 0 fully saturated rings. The first-order valence-corrected chi connectivity index (χ1v) is 6.22. The van der Waals surface area contributed by atoms with E-state index < -0.39 is 0 Å². The molecule has 0 aliphatic carbocycles. The topological polar surface area (TPSA) is 0 Å². The summed E-state index contributed by atoms with van der Waals surface area (Å²) in [4.78, 5) is 0. The summed E-state index contributed by atoms with van der Waals surface area (Å²) in [6, 6.07) is 0. The molecule has 0 radical (unpaired) electrons. The lowest BCUT2D eigenvalue weighted by Crippen LogP contribution is -2.05. The highest BCUT2D eigenvalue weighted by Crippen LogP contribution is 2.18. The Labute approximate surface area is 87.1 Å². The van der Waals surface area contributed by atoms with Gasteiger partial charge in [-0.2, -0.15) is 0 Å². The first kappa shape index (κ1) is 18.7.